The average molecular weight is 441 g/mol. The summed E-state index contributed by atoms with van der Waals surface area (Å²) in [7, 11) is 0. The standard InChI is InChI=1S/C25H13ClN2O4/c26-13-6-8-14(9-7-13)28-23(29)18-11-17-16-10-5-12-3-1-2-4-15(12)22(16)32-25(31)20(17)21(27)19(18)24(28)30/h1-11H,27H2. The van der Waals surface area contributed by atoms with Crippen molar-refractivity contribution in [1.82, 2.24) is 0 Å². The first kappa shape index (κ1) is 18.6. The van der Waals surface area contributed by atoms with Crippen LogP contribution >= 0.6 is 11.6 Å². The average Bonchev–Trinajstić information content (AvgIpc) is 3.04. The van der Waals surface area contributed by atoms with Crippen LogP contribution in [0.2, 0.25) is 5.02 Å². The number of hydrogen-bond donors (Lipinski definition) is 1. The molecule has 6 nitrogen and oxygen atoms in total. The molecule has 1 aliphatic heterocycles. The lowest BCUT2D eigenvalue weighted by Crippen LogP contribution is -2.29. The molecule has 0 aliphatic carbocycles. The molecule has 0 fully saturated rings. The molecule has 5 aromatic rings. The summed E-state index contributed by atoms with van der Waals surface area (Å²) in [4.78, 5) is 40.4. The van der Waals surface area contributed by atoms with E-state index in [2.05, 4.69) is 0 Å². The molecule has 0 saturated heterocycles. The number of nitrogens with two attached hydrogens (primary N) is 1. The maximum absolute atomic E-state index is 13.2. The third-order valence-corrected chi connectivity index (χ3v) is 6.12. The zero-order valence-corrected chi connectivity index (χ0v) is 17.1. The lowest BCUT2D eigenvalue weighted by Gasteiger charge is -2.13. The van der Waals surface area contributed by atoms with Gasteiger partial charge >= 0.3 is 5.63 Å². The molecule has 1 aliphatic rings. The Morgan fingerprint density at radius 3 is 2.34 bits per heavy atom. The minimum absolute atomic E-state index is 0.00453. The topological polar surface area (TPSA) is 93.6 Å². The fourth-order valence-corrected chi connectivity index (χ4v) is 4.52. The van der Waals surface area contributed by atoms with E-state index < -0.39 is 17.4 Å². The Bertz CT molecular complexity index is 1700. The van der Waals surface area contributed by atoms with E-state index in [9.17, 15) is 14.4 Å². The van der Waals surface area contributed by atoms with Gasteiger partial charge in [-0.3, -0.25) is 9.59 Å². The van der Waals surface area contributed by atoms with Crippen LogP contribution in [0.25, 0.3) is 32.5 Å². The first-order chi connectivity index (χ1) is 15.5. The molecule has 2 amide bonds. The van der Waals surface area contributed by atoms with Crippen LogP contribution in [-0.2, 0) is 0 Å². The molecule has 0 radical (unpaired) electrons. The molecule has 0 bridgehead atoms. The van der Waals surface area contributed by atoms with Gasteiger partial charge in [0.2, 0.25) is 0 Å². The zero-order chi connectivity index (χ0) is 22.1. The quantitative estimate of drug-likeness (QED) is 0.169. The van der Waals surface area contributed by atoms with Gasteiger partial charge in [0.05, 0.1) is 27.9 Å². The van der Waals surface area contributed by atoms with Crippen LogP contribution in [-0.4, -0.2) is 11.8 Å². The number of anilines is 2. The molecule has 0 spiro atoms. The first-order valence-corrected chi connectivity index (χ1v) is 10.2. The number of imide groups is 1. The van der Waals surface area contributed by atoms with Gasteiger partial charge in [-0.1, -0.05) is 41.9 Å². The summed E-state index contributed by atoms with van der Waals surface area (Å²) in [5, 5.41) is 3.36. The van der Waals surface area contributed by atoms with E-state index in [1.807, 2.05) is 36.4 Å². The SMILES string of the molecule is Nc1c2c(cc3c1c(=O)oc1c4ccccc4ccc31)C(=O)N(c1ccc(Cl)cc1)C2=O. The smallest absolute Gasteiger partial charge is 0.346 e. The molecule has 32 heavy (non-hydrogen) atoms. The largest absolute Gasteiger partial charge is 0.422 e. The summed E-state index contributed by atoms with van der Waals surface area (Å²) >= 11 is 5.94. The van der Waals surface area contributed by atoms with Crippen LogP contribution in [0.1, 0.15) is 20.7 Å². The molecular formula is C25H13ClN2O4. The molecule has 154 valence electrons. The minimum atomic E-state index is -0.658. The fraction of sp³-hybridized carbons (Fsp3) is 0. The van der Waals surface area contributed by atoms with E-state index >= 15 is 0 Å². The maximum atomic E-state index is 13.2. The third-order valence-electron chi connectivity index (χ3n) is 5.87. The van der Waals surface area contributed by atoms with Crippen LogP contribution in [0, 0.1) is 0 Å². The molecule has 0 atom stereocenters. The monoisotopic (exact) mass is 440 g/mol. The highest BCUT2D eigenvalue weighted by Crippen LogP contribution is 2.39. The third kappa shape index (κ3) is 2.38. The van der Waals surface area contributed by atoms with Crippen molar-refractivity contribution < 1.29 is 14.0 Å². The Morgan fingerprint density at radius 2 is 1.56 bits per heavy atom. The van der Waals surface area contributed by atoms with Crippen LogP contribution < -0.4 is 16.3 Å². The number of halogens is 1. The second kappa shape index (κ2) is 6.42. The van der Waals surface area contributed by atoms with Crippen molar-refractivity contribution in [3.63, 3.8) is 0 Å². The predicted molar refractivity (Wildman–Crippen MR) is 125 cm³/mol. The van der Waals surface area contributed by atoms with Crippen molar-refractivity contribution in [2.24, 2.45) is 0 Å². The Balaban J connectivity index is 1.68. The number of carbonyl (C=O) groups is 2. The molecule has 6 rings (SSSR count). The van der Waals surface area contributed by atoms with Gasteiger partial charge in [-0.2, -0.15) is 0 Å². The number of carbonyl (C=O) groups excluding carboxylic acids is 2. The normalized spacial score (nSPS) is 13.5. The second-order valence-corrected chi connectivity index (χ2v) is 8.05. The van der Waals surface area contributed by atoms with E-state index in [0.717, 1.165) is 15.7 Å². The van der Waals surface area contributed by atoms with Gasteiger partial charge in [-0.25, -0.2) is 9.69 Å². The molecule has 0 saturated carbocycles. The highest BCUT2D eigenvalue weighted by molar-refractivity contribution is 6.38. The van der Waals surface area contributed by atoms with E-state index in [-0.39, 0.29) is 22.2 Å². The van der Waals surface area contributed by atoms with Gasteiger partial charge in [-0.15, -0.1) is 0 Å². The molecule has 0 unspecified atom stereocenters. The lowest BCUT2D eigenvalue weighted by atomic mass is 9.97. The first-order valence-electron chi connectivity index (χ1n) is 9.81. The zero-order valence-electron chi connectivity index (χ0n) is 16.4. The van der Waals surface area contributed by atoms with Crippen molar-refractivity contribution in [2.75, 3.05) is 10.6 Å². The summed E-state index contributed by atoms with van der Waals surface area (Å²) in [6.07, 6.45) is 0. The summed E-state index contributed by atoms with van der Waals surface area (Å²) in [6.45, 7) is 0. The van der Waals surface area contributed by atoms with Crippen molar-refractivity contribution in [1.29, 1.82) is 0 Å². The van der Waals surface area contributed by atoms with Gasteiger partial charge < -0.3 is 10.2 Å². The van der Waals surface area contributed by atoms with Crippen LogP contribution in [0.3, 0.4) is 0 Å². The van der Waals surface area contributed by atoms with Crippen LogP contribution in [0.5, 0.6) is 0 Å². The summed E-state index contributed by atoms with van der Waals surface area (Å²) < 4.78 is 5.66. The molecular weight excluding hydrogens is 428 g/mol. The Morgan fingerprint density at radius 1 is 0.812 bits per heavy atom. The van der Waals surface area contributed by atoms with Gasteiger partial charge in [0.1, 0.15) is 5.58 Å². The molecule has 2 N–H and O–H groups in total. The van der Waals surface area contributed by atoms with Crippen molar-refractivity contribution in [3.05, 3.63) is 93.3 Å². The fourth-order valence-electron chi connectivity index (χ4n) is 4.39. The Hall–Kier alpha value is -4.16. The van der Waals surface area contributed by atoms with Crippen LogP contribution in [0.4, 0.5) is 11.4 Å². The number of rotatable bonds is 1. The van der Waals surface area contributed by atoms with Crippen molar-refractivity contribution in [3.8, 4) is 0 Å². The van der Waals surface area contributed by atoms with Gasteiger partial charge in [0.25, 0.3) is 11.8 Å². The summed E-state index contributed by atoms with van der Waals surface area (Å²) in [6, 6.07) is 19.2. The number of amides is 2. The Kier molecular flexibility index (Phi) is 3.73. The van der Waals surface area contributed by atoms with E-state index in [1.165, 1.54) is 0 Å². The molecule has 7 heteroatoms. The summed E-state index contributed by atoms with van der Waals surface area (Å²) in [5.74, 6) is -1.10. The number of fused-ring (bicyclic) bond motifs is 6. The molecule has 1 aromatic heterocycles. The molecule has 2 heterocycles. The minimum Gasteiger partial charge on any atom is -0.422 e. The maximum Gasteiger partial charge on any atom is 0.346 e. The highest BCUT2D eigenvalue weighted by atomic mass is 35.5. The van der Waals surface area contributed by atoms with Gasteiger partial charge in [0, 0.05) is 21.2 Å². The Labute approximate surface area is 185 Å². The lowest BCUT2D eigenvalue weighted by molar-refractivity contribution is 0.0926. The van der Waals surface area contributed by atoms with Gasteiger partial charge in [-0.05, 0) is 41.8 Å². The number of nitrogens with zero attached hydrogens (tertiary/aromatic N) is 1. The van der Waals surface area contributed by atoms with Crippen molar-refractivity contribution in [2.45, 2.75) is 0 Å². The summed E-state index contributed by atoms with van der Waals surface area (Å²) in [5.41, 5.74) is 6.52. The number of nitrogen functional groups attached to an aromatic ring is 1. The highest BCUT2D eigenvalue weighted by Gasteiger charge is 2.39. The van der Waals surface area contributed by atoms with Gasteiger partial charge in [0.15, 0.2) is 0 Å². The van der Waals surface area contributed by atoms with Crippen LogP contribution in [0.15, 0.2) is 75.9 Å². The molecule has 4 aromatic carbocycles. The van der Waals surface area contributed by atoms with Crippen molar-refractivity contribution >= 4 is 67.3 Å². The van der Waals surface area contributed by atoms with E-state index in [1.54, 1.807) is 30.3 Å². The van der Waals surface area contributed by atoms with E-state index in [0.29, 0.717) is 27.1 Å². The number of hydrogen-bond acceptors (Lipinski definition) is 5. The second-order valence-electron chi connectivity index (χ2n) is 7.61. The van der Waals surface area contributed by atoms with E-state index in [4.69, 9.17) is 21.8 Å². The predicted octanol–water partition coefficient (Wildman–Crippen LogP) is 5.14. The number of benzene rings is 4.